The van der Waals surface area contributed by atoms with E-state index in [1.807, 2.05) is 48.5 Å². The molecule has 0 aliphatic carbocycles. The highest BCUT2D eigenvalue weighted by molar-refractivity contribution is 6.11. The molecule has 6 nitrogen and oxygen atoms in total. The fourth-order valence-electron chi connectivity index (χ4n) is 4.51. The second-order valence-corrected chi connectivity index (χ2v) is 8.74. The molecular formula is C27H26F2N2O4. The van der Waals surface area contributed by atoms with Crippen LogP contribution in [-0.2, 0) is 17.8 Å². The fourth-order valence-corrected chi connectivity index (χ4v) is 4.51. The van der Waals surface area contributed by atoms with Gasteiger partial charge in [0.15, 0.2) is 0 Å². The number of hydrogen-bond acceptors (Lipinski definition) is 5. The van der Waals surface area contributed by atoms with Crippen molar-refractivity contribution in [2.24, 2.45) is 0 Å². The molecule has 1 fully saturated rings. The van der Waals surface area contributed by atoms with Gasteiger partial charge in [0.1, 0.15) is 23.7 Å². The Morgan fingerprint density at radius 2 is 2.00 bits per heavy atom. The molecule has 1 atom stereocenters. The molecule has 0 radical (unpaired) electrons. The number of benzene rings is 3. The topological polar surface area (TPSA) is 71.0 Å². The number of carbonyl (C=O) groups excluding carboxylic acids is 1. The molecule has 0 unspecified atom stereocenters. The summed E-state index contributed by atoms with van der Waals surface area (Å²) < 4.78 is 38.1. The van der Waals surface area contributed by atoms with Crippen LogP contribution in [0, 0.1) is 0 Å². The summed E-state index contributed by atoms with van der Waals surface area (Å²) in [6.07, 6.45) is -1.25. The Labute approximate surface area is 202 Å². The fraction of sp³-hybridized carbons (Fsp3) is 0.296. The van der Waals surface area contributed by atoms with Crippen LogP contribution in [0.3, 0.4) is 0 Å². The molecule has 0 bridgehead atoms. The van der Waals surface area contributed by atoms with E-state index in [4.69, 9.17) is 9.47 Å². The van der Waals surface area contributed by atoms with Crippen molar-refractivity contribution in [3.63, 3.8) is 0 Å². The molecule has 2 N–H and O–H groups in total. The van der Waals surface area contributed by atoms with Crippen LogP contribution in [0.25, 0.3) is 0 Å². The Morgan fingerprint density at radius 1 is 1.17 bits per heavy atom. The molecule has 0 saturated carbocycles. The lowest BCUT2D eigenvalue weighted by molar-refractivity contribution is 0.0981. The average Bonchev–Trinajstić information content (AvgIpc) is 3.52. The first kappa shape index (κ1) is 23.1. The number of phenols is 1. The van der Waals surface area contributed by atoms with Gasteiger partial charge in [-0.25, -0.2) is 8.78 Å². The largest absolute Gasteiger partial charge is 0.507 e. The van der Waals surface area contributed by atoms with E-state index in [2.05, 4.69) is 5.32 Å². The molecule has 1 amide bonds. The number of ether oxygens (including phenoxy) is 2. The molecule has 0 spiro atoms. The van der Waals surface area contributed by atoms with Gasteiger partial charge < -0.3 is 24.8 Å². The maximum absolute atomic E-state index is 13.7. The van der Waals surface area contributed by atoms with Crippen LogP contribution in [0.2, 0.25) is 0 Å². The lowest BCUT2D eigenvalue weighted by Crippen LogP contribution is -2.29. The maximum atomic E-state index is 13.7. The van der Waals surface area contributed by atoms with Crippen LogP contribution in [0.1, 0.15) is 39.9 Å². The predicted octanol–water partition coefficient (Wildman–Crippen LogP) is 5.31. The maximum Gasteiger partial charge on any atom is 0.265 e. The second kappa shape index (κ2) is 9.92. The predicted molar refractivity (Wildman–Crippen MR) is 129 cm³/mol. The molecule has 2 heterocycles. The number of phenolic OH excluding ortho intramolecular Hbond substituents is 1. The third kappa shape index (κ3) is 4.93. The Balaban J connectivity index is 1.45. The zero-order chi connectivity index (χ0) is 24.4. The first-order valence-electron chi connectivity index (χ1n) is 11.6. The number of fused-ring (bicyclic) bond motifs is 1. The molecule has 0 aromatic heterocycles. The first-order chi connectivity index (χ1) is 17.0. The Kier molecular flexibility index (Phi) is 6.55. The minimum atomic E-state index is -2.81. The second-order valence-electron chi connectivity index (χ2n) is 8.74. The number of aromatic hydroxyl groups is 1. The Bertz CT molecular complexity index is 1210. The summed E-state index contributed by atoms with van der Waals surface area (Å²) in [6.45, 7) is 1.83. The molecule has 1 saturated heterocycles. The van der Waals surface area contributed by atoms with E-state index in [1.165, 1.54) is 0 Å². The van der Waals surface area contributed by atoms with Crippen molar-refractivity contribution in [1.82, 2.24) is 0 Å². The first-order valence-corrected chi connectivity index (χ1v) is 11.6. The summed E-state index contributed by atoms with van der Waals surface area (Å²) in [5.41, 5.74) is 2.88. The number of hydrogen-bond donors (Lipinski definition) is 2. The number of nitrogens with one attached hydrogen (secondary N) is 1. The van der Waals surface area contributed by atoms with Crippen molar-refractivity contribution < 1.29 is 28.2 Å². The third-order valence-corrected chi connectivity index (χ3v) is 6.33. The number of nitrogens with zero attached hydrogens (tertiary/aromatic N) is 1. The van der Waals surface area contributed by atoms with Crippen LogP contribution < -0.4 is 15.0 Å². The van der Waals surface area contributed by atoms with Crippen molar-refractivity contribution in [3.05, 3.63) is 82.9 Å². The molecular weight excluding hydrogens is 454 g/mol. The summed E-state index contributed by atoms with van der Waals surface area (Å²) >= 11 is 0. The normalized spacial score (nSPS) is 17.0. The third-order valence-electron chi connectivity index (χ3n) is 6.33. The minimum absolute atomic E-state index is 0.0695. The lowest BCUT2D eigenvalue weighted by atomic mass is 10.1. The van der Waals surface area contributed by atoms with E-state index in [-0.39, 0.29) is 24.0 Å². The van der Waals surface area contributed by atoms with Gasteiger partial charge in [0.05, 0.1) is 12.6 Å². The minimum Gasteiger partial charge on any atom is -0.507 e. The highest BCUT2D eigenvalue weighted by atomic mass is 19.3. The van der Waals surface area contributed by atoms with Gasteiger partial charge in [-0.15, -0.1) is 0 Å². The summed E-state index contributed by atoms with van der Waals surface area (Å²) in [7, 11) is 0. The van der Waals surface area contributed by atoms with Gasteiger partial charge in [-0.1, -0.05) is 36.4 Å². The lowest BCUT2D eigenvalue weighted by Gasteiger charge is -2.22. The zero-order valence-electron chi connectivity index (χ0n) is 19.0. The van der Waals surface area contributed by atoms with Crippen LogP contribution in [0.4, 0.5) is 20.2 Å². The average molecular weight is 481 g/mol. The van der Waals surface area contributed by atoms with Crippen molar-refractivity contribution in [3.8, 4) is 11.5 Å². The van der Waals surface area contributed by atoms with E-state index in [9.17, 15) is 18.7 Å². The van der Waals surface area contributed by atoms with Crippen LogP contribution in [-0.4, -0.2) is 36.8 Å². The van der Waals surface area contributed by atoms with Crippen LogP contribution in [0.15, 0.2) is 60.7 Å². The van der Waals surface area contributed by atoms with E-state index in [1.54, 1.807) is 4.90 Å². The van der Waals surface area contributed by atoms with Crippen molar-refractivity contribution in [1.29, 1.82) is 0 Å². The van der Waals surface area contributed by atoms with Gasteiger partial charge in [-0.2, -0.15) is 0 Å². The van der Waals surface area contributed by atoms with Crippen molar-refractivity contribution in [2.75, 3.05) is 30.0 Å². The number of alkyl halides is 2. The zero-order valence-corrected chi connectivity index (χ0v) is 19.0. The number of amides is 1. The highest BCUT2D eigenvalue weighted by Crippen LogP contribution is 2.39. The van der Waals surface area contributed by atoms with Gasteiger partial charge in [0.2, 0.25) is 0 Å². The van der Waals surface area contributed by atoms with E-state index in [0.29, 0.717) is 26.2 Å². The molecule has 2 aliphatic heterocycles. The van der Waals surface area contributed by atoms with Gasteiger partial charge in [-0.05, 0) is 48.2 Å². The smallest absolute Gasteiger partial charge is 0.265 e. The van der Waals surface area contributed by atoms with Gasteiger partial charge in [0.25, 0.3) is 12.3 Å². The monoisotopic (exact) mass is 480 g/mol. The van der Waals surface area contributed by atoms with E-state index in [0.717, 1.165) is 41.1 Å². The molecule has 182 valence electrons. The standard InChI is InChI=1S/C27H26F2N2O4/c28-26(29)19-12-23(32)25(24(13-19)35-15-17-4-2-1-3-5-17)27(33)31-10-8-18-6-7-20(14-22(18)31)30-21-9-11-34-16-21/h1-7,12-14,21,26,30,32H,8-11,15-16H2/t21-/m1/s1. The molecule has 8 heteroatoms. The van der Waals surface area contributed by atoms with Gasteiger partial charge >= 0.3 is 0 Å². The number of anilines is 2. The van der Waals surface area contributed by atoms with E-state index >= 15 is 0 Å². The number of carbonyl (C=O) groups is 1. The summed E-state index contributed by atoms with van der Waals surface area (Å²) in [4.78, 5) is 15.2. The highest BCUT2D eigenvalue weighted by Gasteiger charge is 2.31. The molecule has 3 aromatic carbocycles. The summed E-state index contributed by atoms with van der Waals surface area (Å²) in [5, 5.41) is 14.1. The number of rotatable bonds is 7. The number of halogens is 2. The summed E-state index contributed by atoms with van der Waals surface area (Å²) in [5.74, 6) is -1.09. The van der Waals surface area contributed by atoms with Crippen molar-refractivity contribution in [2.45, 2.75) is 31.9 Å². The van der Waals surface area contributed by atoms with Gasteiger partial charge in [-0.3, -0.25) is 4.79 Å². The molecule has 35 heavy (non-hydrogen) atoms. The Morgan fingerprint density at radius 3 is 2.74 bits per heavy atom. The van der Waals surface area contributed by atoms with Crippen molar-refractivity contribution >= 4 is 17.3 Å². The molecule has 3 aromatic rings. The summed E-state index contributed by atoms with van der Waals surface area (Å²) in [6, 6.07) is 17.3. The quantitative estimate of drug-likeness (QED) is 0.480. The molecule has 2 aliphatic rings. The van der Waals surface area contributed by atoms with E-state index < -0.39 is 23.6 Å². The molecule has 5 rings (SSSR count). The Hall–Kier alpha value is -3.65. The SMILES string of the molecule is O=C(c1c(O)cc(C(F)F)cc1OCc1ccccc1)N1CCc2ccc(N[C@@H]3CCOC3)cc21. The van der Waals surface area contributed by atoms with Crippen LogP contribution >= 0.6 is 0 Å². The van der Waals surface area contributed by atoms with Gasteiger partial charge in [0, 0.05) is 30.1 Å². The van der Waals surface area contributed by atoms with Crippen LogP contribution in [0.5, 0.6) is 11.5 Å².